The SMILES string of the molecule is CN1CCC(Oc2cnc(NC3CCC(Oc4nc(N5CCOCC5)cc5ncc(NS(C)(=O)=O)cc45)CC3)nc2)C1. The van der Waals surface area contributed by atoms with Crippen LogP contribution in [0.3, 0.4) is 0 Å². The number of morpholine rings is 1. The fourth-order valence-electron chi connectivity index (χ4n) is 5.69. The number of hydrogen-bond donors (Lipinski definition) is 2. The van der Waals surface area contributed by atoms with Gasteiger partial charge in [-0.25, -0.2) is 18.4 Å². The molecular weight excluding hydrogens is 560 g/mol. The number of nitrogens with zero attached hydrogens (tertiary/aromatic N) is 6. The first-order valence-electron chi connectivity index (χ1n) is 14.5. The predicted octanol–water partition coefficient (Wildman–Crippen LogP) is 2.51. The molecule has 6 rings (SSSR count). The minimum absolute atomic E-state index is 0.0357. The fraction of sp³-hybridized carbons (Fsp3) is 0.571. The van der Waals surface area contributed by atoms with E-state index in [0.717, 1.165) is 70.4 Å². The predicted molar refractivity (Wildman–Crippen MR) is 160 cm³/mol. The van der Waals surface area contributed by atoms with Crippen LogP contribution < -0.4 is 24.4 Å². The van der Waals surface area contributed by atoms with Crippen LogP contribution >= 0.6 is 0 Å². The number of pyridine rings is 2. The van der Waals surface area contributed by atoms with Crippen molar-refractivity contribution in [2.75, 3.05) is 67.6 Å². The Kier molecular flexibility index (Phi) is 8.45. The molecule has 0 bridgehead atoms. The maximum atomic E-state index is 11.8. The summed E-state index contributed by atoms with van der Waals surface area (Å²) in [7, 11) is -1.35. The standard InChI is InChI=1S/C28H38N8O5S/c1-35-8-7-22(18-35)40-23-16-30-28(31-17-23)32-19-3-5-21(6-4-19)41-27-24-13-20(34-42(2,37)38)15-29-25(24)14-26(33-27)36-9-11-39-12-10-36/h13-17,19,21-22,34H,3-12,18H2,1-2H3,(H,30,31,32). The first-order valence-corrected chi connectivity index (χ1v) is 16.4. The summed E-state index contributed by atoms with van der Waals surface area (Å²) >= 11 is 0. The van der Waals surface area contributed by atoms with Crippen molar-refractivity contribution in [3.63, 3.8) is 0 Å². The third-order valence-corrected chi connectivity index (χ3v) is 8.44. The Morgan fingerprint density at radius 3 is 2.38 bits per heavy atom. The van der Waals surface area contributed by atoms with Crippen LogP contribution in [0, 0.1) is 0 Å². The van der Waals surface area contributed by atoms with Crippen molar-refractivity contribution in [1.29, 1.82) is 0 Å². The summed E-state index contributed by atoms with van der Waals surface area (Å²) in [4.78, 5) is 22.8. The molecule has 3 aromatic heterocycles. The van der Waals surface area contributed by atoms with Gasteiger partial charge in [-0.05, 0) is 45.2 Å². The number of likely N-dealkylation sites (N-methyl/N-ethyl adjacent to an activating group) is 1. The molecule has 42 heavy (non-hydrogen) atoms. The average molecular weight is 599 g/mol. The molecule has 2 N–H and O–H groups in total. The van der Waals surface area contributed by atoms with Gasteiger partial charge in [0.05, 0.1) is 54.7 Å². The Bertz CT molecular complexity index is 1480. The van der Waals surface area contributed by atoms with Gasteiger partial charge in [-0.3, -0.25) is 9.71 Å². The molecule has 0 spiro atoms. The molecule has 1 aliphatic carbocycles. The summed E-state index contributed by atoms with van der Waals surface area (Å²) in [6.45, 7) is 4.69. The lowest BCUT2D eigenvalue weighted by Gasteiger charge is -2.31. The molecule has 14 heteroatoms. The van der Waals surface area contributed by atoms with Gasteiger partial charge < -0.3 is 29.3 Å². The molecule has 1 atom stereocenters. The van der Waals surface area contributed by atoms with Gasteiger partial charge in [-0.1, -0.05) is 0 Å². The zero-order chi connectivity index (χ0) is 29.1. The topological polar surface area (TPSA) is 144 Å². The van der Waals surface area contributed by atoms with E-state index in [1.165, 1.54) is 6.20 Å². The summed E-state index contributed by atoms with van der Waals surface area (Å²) in [5, 5.41) is 4.12. The minimum Gasteiger partial charge on any atom is -0.486 e. The molecule has 3 aromatic rings. The molecular formula is C28H38N8O5S. The van der Waals surface area contributed by atoms with Crippen LogP contribution in [-0.2, 0) is 14.8 Å². The second kappa shape index (κ2) is 12.4. The van der Waals surface area contributed by atoms with Crippen LogP contribution in [0.4, 0.5) is 17.5 Å². The molecule has 2 aliphatic heterocycles. The summed E-state index contributed by atoms with van der Waals surface area (Å²) < 4.78 is 44.2. The highest BCUT2D eigenvalue weighted by molar-refractivity contribution is 7.92. The molecule has 2 saturated heterocycles. The summed E-state index contributed by atoms with van der Waals surface area (Å²) in [6, 6.07) is 3.88. The second-order valence-corrected chi connectivity index (χ2v) is 13.1. The summed E-state index contributed by atoms with van der Waals surface area (Å²) in [6.07, 6.45) is 10.7. The van der Waals surface area contributed by atoms with E-state index < -0.39 is 10.0 Å². The minimum atomic E-state index is -3.45. The van der Waals surface area contributed by atoms with Crippen molar-refractivity contribution >= 4 is 38.4 Å². The molecule has 13 nitrogen and oxygen atoms in total. The van der Waals surface area contributed by atoms with Crippen molar-refractivity contribution in [2.24, 2.45) is 0 Å². The Morgan fingerprint density at radius 1 is 0.929 bits per heavy atom. The maximum absolute atomic E-state index is 11.8. The van der Waals surface area contributed by atoms with Gasteiger partial charge in [0, 0.05) is 38.3 Å². The summed E-state index contributed by atoms with van der Waals surface area (Å²) in [5.74, 6) is 2.53. The molecule has 5 heterocycles. The van der Waals surface area contributed by atoms with Gasteiger partial charge in [0.1, 0.15) is 18.0 Å². The largest absolute Gasteiger partial charge is 0.486 e. The van der Waals surface area contributed by atoms with Gasteiger partial charge in [-0.15, -0.1) is 0 Å². The van der Waals surface area contributed by atoms with Gasteiger partial charge in [0.25, 0.3) is 0 Å². The number of ether oxygens (including phenoxy) is 3. The van der Waals surface area contributed by atoms with E-state index in [1.54, 1.807) is 18.5 Å². The van der Waals surface area contributed by atoms with Gasteiger partial charge in [-0.2, -0.15) is 4.98 Å². The van der Waals surface area contributed by atoms with Crippen LogP contribution in [0.1, 0.15) is 32.1 Å². The highest BCUT2D eigenvalue weighted by Gasteiger charge is 2.26. The van der Waals surface area contributed by atoms with E-state index in [0.29, 0.717) is 47.4 Å². The molecule has 226 valence electrons. The van der Waals surface area contributed by atoms with Crippen LogP contribution in [0.5, 0.6) is 11.6 Å². The lowest BCUT2D eigenvalue weighted by molar-refractivity contribution is 0.122. The molecule has 0 aromatic carbocycles. The van der Waals surface area contributed by atoms with E-state index in [1.807, 2.05) is 6.07 Å². The number of sulfonamides is 1. The zero-order valence-corrected chi connectivity index (χ0v) is 24.8. The van der Waals surface area contributed by atoms with Gasteiger partial charge >= 0.3 is 0 Å². The Hall–Kier alpha value is -3.49. The monoisotopic (exact) mass is 598 g/mol. The maximum Gasteiger partial charge on any atom is 0.229 e. The van der Waals surface area contributed by atoms with Gasteiger partial charge in [0.15, 0.2) is 5.75 Å². The molecule has 1 unspecified atom stereocenters. The van der Waals surface area contributed by atoms with Crippen LogP contribution in [0.2, 0.25) is 0 Å². The van der Waals surface area contributed by atoms with E-state index in [2.05, 4.69) is 41.8 Å². The average Bonchev–Trinajstić information content (AvgIpc) is 3.39. The van der Waals surface area contributed by atoms with Crippen molar-refractivity contribution in [3.8, 4) is 11.6 Å². The first-order chi connectivity index (χ1) is 20.3. The molecule has 0 amide bonds. The number of aromatic nitrogens is 4. The lowest BCUT2D eigenvalue weighted by Crippen LogP contribution is -2.37. The third-order valence-electron chi connectivity index (χ3n) is 7.83. The van der Waals surface area contributed by atoms with E-state index in [9.17, 15) is 8.42 Å². The number of rotatable bonds is 9. The highest BCUT2D eigenvalue weighted by atomic mass is 32.2. The second-order valence-electron chi connectivity index (χ2n) is 11.3. The number of anilines is 3. The van der Waals surface area contributed by atoms with Crippen molar-refractivity contribution in [1.82, 2.24) is 24.8 Å². The van der Waals surface area contributed by atoms with E-state index in [-0.39, 0.29) is 18.2 Å². The Balaban J connectivity index is 1.11. The normalized spacial score (nSPS) is 23.6. The first kappa shape index (κ1) is 28.6. The van der Waals surface area contributed by atoms with Crippen molar-refractivity contribution in [2.45, 2.75) is 50.4 Å². The number of likely N-dealkylation sites (tertiary alicyclic amines) is 1. The molecule has 0 radical (unpaired) electrons. The number of nitrogens with one attached hydrogen (secondary N) is 2. The number of fused-ring (bicyclic) bond motifs is 1. The van der Waals surface area contributed by atoms with Crippen LogP contribution in [-0.4, -0.2) is 104 Å². The Morgan fingerprint density at radius 2 is 1.69 bits per heavy atom. The summed E-state index contributed by atoms with van der Waals surface area (Å²) in [5.41, 5.74) is 1.07. The van der Waals surface area contributed by atoms with Crippen LogP contribution in [0.25, 0.3) is 10.9 Å². The lowest BCUT2D eigenvalue weighted by atomic mass is 9.93. The third kappa shape index (κ3) is 7.28. The van der Waals surface area contributed by atoms with Gasteiger partial charge in [0.2, 0.25) is 21.9 Å². The number of hydrogen-bond acceptors (Lipinski definition) is 12. The smallest absolute Gasteiger partial charge is 0.229 e. The zero-order valence-electron chi connectivity index (χ0n) is 24.0. The van der Waals surface area contributed by atoms with Crippen LogP contribution in [0.15, 0.2) is 30.7 Å². The van der Waals surface area contributed by atoms with Crippen molar-refractivity contribution in [3.05, 3.63) is 30.7 Å². The van der Waals surface area contributed by atoms with Crippen molar-refractivity contribution < 1.29 is 22.6 Å². The molecule has 3 fully saturated rings. The fourth-order valence-corrected chi connectivity index (χ4v) is 6.23. The highest BCUT2D eigenvalue weighted by Crippen LogP contribution is 2.33. The Labute approximate surface area is 246 Å². The van der Waals surface area contributed by atoms with E-state index in [4.69, 9.17) is 19.2 Å². The molecule has 1 saturated carbocycles. The molecule has 3 aliphatic rings. The quantitative estimate of drug-likeness (QED) is 0.373. The van der Waals surface area contributed by atoms with E-state index >= 15 is 0 Å².